The minimum absolute atomic E-state index is 0.169. The standard InChI is InChI=1S/C19H29NO4S/c1-2-3-4-5-6-7-12-20-15(8-11-18(20)21)13-24-14-16-9-10-17(25-16)19(22)23/h9-10,15H,2-8,11-14H2,1H3,(H,22,23)/t15-/m1/s1. The van der Waals surface area contributed by atoms with E-state index < -0.39 is 5.97 Å². The van der Waals surface area contributed by atoms with Gasteiger partial charge in [0, 0.05) is 17.8 Å². The van der Waals surface area contributed by atoms with E-state index in [-0.39, 0.29) is 11.9 Å². The van der Waals surface area contributed by atoms with Crippen molar-refractivity contribution in [3.8, 4) is 0 Å². The van der Waals surface area contributed by atoms with Gasteiger partial charge >= 0.3 is 5.97 Å². The van der Waals surface area contributed by atoms with Gasteiger partial charge in [-0.2, -0.15) is 0 Å². The molecule has 1 fully saturated rings. The van der Waals surface area contributed by atoms with E-state index in [1.807, 2.05) is 4.90 Å². The molecule has 1 aliphatic rings. The number of hydrogen-bond donors (Lipinski definition) is 1. The molecule has 25 heavy (non-hydrogen) atoms. The second kappa shape index (κ2) is 10.6. The molecule has 1 atom stereocenters. The van der Waals surface area contributed by atoms with E-state index in [4.69, 9.17) is 9.84 Å². The average molecular weight is 368 g/mol. The zero-order valence-electron chi connectivity index (χ0n) is 15.0. The van der Waals surface area contributed by atoms with E-state index in [1.165, 1.54) is 43.4 Å². The normalized spacial score (nSPS) is 17.4. The Labute approximate surface area is 154 Å². The first-order chi connectivity index (χ1) is 12.1. The summed E-state index contributed by atoms with van der Waals surface area (Å²) in [4.78, 5) is 26.2. The number of nitrogens with zero attached hydrogens (tertiary/aromatic N) is 1. The van der Waals surface area contributed by atoms with Crippen LogP contribution in [-0.2, 0) is 16.1 Å². The van der Waals surface area contributed by atoms with Gasteiger partial charge in [0.15, 0.2) is 0 Å². The molecule has 0 radical (unpaired) electrons. The highest BCUT2D eigenvalue weighted by Gasteiger charge is 2.30. The molecule has 2 rings (SSSR count). The first-order valence-electron chi connectivity index (χ1n) is 9.31. The van der Waals surface area contributed by atoms with Gasteiger partial charge in [-0.05, 0) is 25.0 Å². The van der Waals surface area contributed by atoms with Crippen LogP contribution in [0.2, 0.25) is 0 Å². The van der Waals surface area contributed by atoms with Crippen molar-refractivity contribution in [2.24, 2.45) is 0 Å². The Hall–Kier alpha value is -1.40. The van der Waals surface area contributed by atoms with Gasteiger partial charge in [-0.25, -0.2) is 4.79 Å². The van der Waals surface area contributed by atoms with Crippen LogP contribution in [0.25, 0.3) is 0 Å². The fraction of sp³-hybridized carbons (Fsp3) is 0.684. The third-order valence-electron chi connectivity index (χ3n) is 4.63. The summed E-state index contributed by atoms with van der Waals surface area (Å²) in [6.07, 6.45) is 8.82. The third-order valence-corrected chi connectivity index (χ3v) is 5.68. The molecule has 1 N–H and O–H groups in total. The second-order valence-corrected chi connectivity index (χ2v) is 7.80. The number of amides is 1. The van der Waals surface area contributed by atoms with Gasteiger partial charge in [-0.3, -0.25) is 4.79 Å². The molecule has 1 aliphatic heterocycles. The van der Waals surface area contributed by atoms with Crippen LogP contribution < -0.4 is 0 Å². The van der Waals surface area contributed by atoms with Crippen LogP contribution in [0.5, 0.6) is 0 Å². The molecule has 1 saturated heterocycles. The molecular formula is C19H29NO4S. The Balaban J connectivity index is 1.68. The van der Waals surface area contributed by atoms with Gasteiger partial charge in [-0.1, -0.05) is 39.0 Å². The topological polar surface area (TPSA) is 66.8 Å². The van der Waals surface area contributed by atoms with E-state index in [0.29, 0.717) is 24.5 Å². The lowest BCUT2D eigenvalue weighted by Crippen LogP contribution is -2.36. The molecule has 0 bridgehead atoms. The van der Waals surface area contributed by atoms with E-state index in [1.54, 1.807) is 12.1 Å². The van der Waals surface area contributed by atoms with Crippen molar-refractivity contribution in [2.75, 3.05) is 13.2 Å². The predicted octanol–water partition coefficient (Wildman–Crippen LogP) is 4.31. The minimum Gasteiger partial charge on any atom is -0.477 e. The highest BCUT2D eigenvalue weighted by Crippen LogP contribution is 2.22. The summed E-state index contributed by atoms with van der Waals surface area (Å²) in [5, 5.41) is 8.94. The van der Waals surface area contributed by atoms with Crippen molar-refractivity contribution in [2.45, 2.75) is 70.9 Å². The highest BCUT2D eigenvalue weighted by molar-refractivity contribution is 7.13. The molecule has 1 aromatic heterocycles. The zero-order valence-corrected chi connectivity index (χ0v) is 15.9. The number of carbonyl (C=O) groups excluding carboxylic acids is 1. The summed E-state index contributed by atoms with van der Waals surface area (Å²) in [5.41, 5.74) is 0. The maximum atomic E-state index is 12.1. The molecular weight excluding hydrogens is 338 g/mol. The van der Waals surface area contributed by atoms with Crippen LogP contribution in [0.4, 0.5) is 0 Å². The van der Waals surface area contributed by atoms with Crippen LogP contribution >= 0.6 is 11.3 Å². The van der Waals surface area contributed by atoms with E-state index in [9.17, 15) is 9.59 Å². The third kappa shape index (κ3) is 6.44. The lowest BCUT2D eigenvalue weighted by molar-refractivity contribution is -0.129. The number of thiophene rings is 1. The lowest BCUT2D eigenvalue weighted by Gasteiger charge is -2.24. The van der Waals surface area contributed by atoms with E-state index >= 15 is 0 Å². The van der Waals surface area contributed by atoms with Crippen molar-refractivity contribution in [3.05, 3.63) is 21.9 Å². The summed E-state index contributed by atoms with van der Waals surface area (Å²) in [6.45, 7) is 3.99. The number of ether oxygens (including phenoxy) is 1. The Morgan fingerprint density at radius 3 is 2.76 bits per heavy atom. The predicted molar refractivity (Wildman–Crippen MR) is 99.0 cm³/mol. The lowest BCUT2D eigenvalue weighted by atomic mass is 10.1. The fourth-order valence-electron chi connectivity index (χ4n) is 3.20. The molecule has 0 unspecified atom stereocenters. The van der Waals surface area contributed by atoms with Gasteiger partial charge < -0.3 is 14.7 Å². The Morgan fingerprint density at radius 1 is 1.28 bits per heavy atom. The van der Waals surface area contributed by atoms with E-state index in [2.05, 4.69) is 6.92 Å². The van der Waals surface area contributed by atoms with Crippen LogP contribution in [0.3, 0.4) is 0 Å². The monoisotopic (exact) mass is 367 g/mol. The first-order valence-corrected chi connectivity index (χ1v) is 10.1. The quantitative estimate of drug-likeness (QED) is 0.559. The highest BCUT2D eigenvalue weighted by atomic mass is 32.1. The van der Waals surface area contributed by atoms with Crippen molar-refractivity contribution in [1.29, 1.82) is 0 Å². The Kier molecular flexibility index (Phi) is 8.41. The van der Waals surface area contributed by atoms with Gasteiger partial charge in [0.25, 0.3) is 0 Å². The van der Waals surface area contributed by atoms with Gasteiger partial charge in [0.2, 0.25) is 5.91 Å². The SMILES string of the molecule is CCCCCCCCN1C(=O)CC[C@@H]1COCc1ccc(C(=O)O)s1. The largest absolute Gasteiger partial charge is 0.477 e. The first kappa shape index (κ1) is 19.9. The minimum atomic E-state index is -0.900. The number of unbranched alkanes of at least 4 members (excludes halogenated alkanes) is 5. The van der Waals surface area contributed by atoms with Crippen molar-refractivity contribution < 1.29 is 19.4 Å². The number of rotatable bonds is 12. The maximum Gasteiger partial charge on any atom is 0.345 e. The molecule has 2 heterocycles. The van der Waals surface area contributed by atoms with Gasteiger partial charge in [0.1, 0.15) is 4.88 Å². The smallest absolute Gasteiger partial charge is 0.345 e. The number of hydrogen-bond acceptors (Lipinski definition) is 4. The van der Waals surface area contributed by atoms with Crippen molar-refractivity contribution in [1.82, 2.24) is 4.90 Å². The van der Waals surface area contributed by atoms with Crippen molar-refractivity contribution >= 4 is 23.2 Å². The van der Waals surface area contributed by atoms with Crippen LogP contribution in [-0.4, -0.2) is 41.1 Å². The molecule has 0 aliphatic carbocycles. The summed E-state index contributed by atoms with van der Waals surface area (Å²) in [6, 6.07) is 3.57. The molecule has 1 amide bonds. The van der Waals surface area contributed by atoms with Crippen molar-refractivity contribution in [3.63, 3.8) is 0 Å². The van der Waals surface area contributed by atoms with Gasteiger partial charge in [0.05, 0.1) is 19.3 Å². The van der Waals surface area contributed by atoms with Crippen LogP contribution in [0, 0.1) is 0 Å². The van der Waals surface area contributed by atoms with Gasteiger partial charge in [-0.15, -0.1) is 11.3 Å². The Morgan fingerprint density at radius 2 is 2.04 bits per heavy atom. The number of aromatic carboxylic acids is 1. The fourth-order valence-corrected chi connectivity index (χ4v) is 3.99. The number of likely N-dealkylation sites (tertiary alicyclic amines) is 1. The number of carbonyl (C=O) groups is 2. The summed E-state index contributed by atoms with van der Waals surface area (Å²) in [7, 11) is 0. The summed E-state index contributed by atoms with van der Waals surface area (Å²) in [5.74, 6) is -0.658. The molecule has 0 spiro atoms. The average Bonchev–Trinajstić information content (AvgIpc) is 3.19. The Bertz CT molecular complexity index is 557. The number of carboxylic acid groups (broad SMARTS) is 1. The summed E-state index contributed by atoms with van der Waals surface area (Å²) >= 11 is 1.24. The second-order valence-electron chi connectivity index (χ2n) is 6.63. The number of carboxylic acids is 1. The zero-order chi connectivity index (χ0) is 18.1. The van der Waals surface area contributed by atoms with Crippen LogP contribution in [0.1, 0.15) is 72.8 Å². The molecule has 1 aromatic rings. The van der Waals surface area contributed by atoms with Crippen LogP contribution in [0.15, 0.2) is 12.1 Å². The molecule has 0 aromatic carbocycles. The molecule has 140 valence electrons. The van der Waals surface area contributed by atoms with E-state index in [0.717, 1.165) is 24.3 Å². The summed E-state index contributed by atoms with van der Waals surface area (Å²) < 4.78 is 5.76. The molecule has 0 saturated carbocycles. The maximum absolute atomic E-state index is 12.1. The molecule has 5 nitrogen and oxygen atoms in total. The molecule has 6 heteroatoms.